The Morgan fingerprint density at radius 1 is 1.05 bits per heavy atom. The molecule has 2 fully saturated rings. The monoisotopic (exact) mass is 290 g/mol. The molecule has 2 aliphatic rings. The Kier molecular flexibility index (Phi) is 4.54. The molecule has 1 aromatic rings. The van der Waals surface area contributed by atoms with E-state index in [4.69, 9.17) is 0 Å². The van der Waals surface area contributed by atoms with Crippen molar-refractivity contribution < 1.29 is 9.18 Å². The SMILES string of the molecule is O=C(CN1CCCC1)N1CCCC[C@@H]1c1ccc(F)cc1. The number of nitrogens with zero attached hydrogens (tertiary/aromatic N) is 2. The molecule has 0 bridgehead atoms. The molecule has 21 heavy (non-hydrogen) atoms. The minimum absolute atomic E-state index is 0.120. The van der Waals surface area contributed by atoms with E-state index in [1.165, 1.54) is 25.0 Å². The number of rotatable bonds is 3. The van der Waals surface area contributed by atoms with Gasteiger partial charge in [0.05, 0.1) is 12.6 Å². The first kappa shape index (κ1) is 14.5. The van der Waals surface area contributed by atoms with Crippen LogP contribution in [-0.4, -0.2) is 41.9 Å². The van der Waals surface area contributed by atoms with E-state index in [0.29, 0.717) is 6.54 Å². The summed E-state index contributed by atoms with van der Waals surface area (Å²) in [5.74, 6) is 0.00966. The van der Waals surface area contributed by atoms with Crippen molar-refractivity contribution >= 4 is 5.91 Å². The Bertz CT molecular complexity index is 482. The first-order valence-corrected chi connectivity index (χ1v) is 8.01. The van der Waals surface area contributed by atoms with Gasteiger partial charge in [0.25, 0.3) is 0 Å². The maximum Gasteiger partial charge on any atom is 0.237 e. The van der Waals surface area contributed by atoms with Crippen molar-refractivity contribution in [3.63, 3.8) is 0 Å². The van der Waals surface area contributed by atoms with E-state index < -0.39 is 0 Å². The summed E-state index contributed by atoms with van der Waals surface area (Å²) >= 11 is 0. The molecule has 1 amide bonds. The molecular weight excluding hydrogens is 267 g/mol. The Balaban J connectivity index is 1.71. The number of carbonyl (C=O) groups is 1. The minimum Gasteiger partial charge on any atom is -0.335 e. The molecule has 114 valence electrons. The van der Waals surface area contributed by atoms with Crippen LogP contribution in [0.25, 0.3) is 0 Å². The summed E-state index contributed by atoms with van der Waals surface area (Å²) in [5.41, 5.74) is 1.06. The Labute approximate surface area is 125 Å². The van der Waals surface area contributed by atoms with Gasteiger partial charge in [0.15, 0.2) is 0 Å². The van der Waals surface area contributed by atoms with Crippen LogP contribution in [0.3, 0.4) is 0 Å². The van der Waals surface area contributed by atoms with Crippen molar-refractivity contribution in [3.05, 3.63) is 35.6 Å². The zero-order valence-corrected chi connectivity index (χ0v) is 12.4. The molecule has 0 aliphatic carbocycles. The van der Waals surface area contributed by atoms with Crippen LogP contribution in [0.4, 0.5) is 4.39 Å². The Morgan fingerprint density at radius 2 is 1.71 bits per heavy atom. The van der Waals surface area contributed by atoms with Crippen LogP contribution in [0.1, 0.15) is 43.7 Å². The third kappa shape index (κ3) is 3.43. The van der Waals surface area contributed by atoms with E-state index in [-0.39, 0.29) is 17.8 Å². The molecule has 0 unspecified atom stereocenters. The second kappa shape index (κ2) is 6.56. The number of likely N-dealkylation sites (tertiary alicyclic amines) is 2. The lowest BCUT2D eigenvalue weighted by Gasteiger charge is -2.37. The average Bonchev–Trinajstić information content (AvgIpc) is 3.01. The van der Waals surface area contributed by atoms with Gasteiger partial charge in [-0.15, -0.1) is 0 Å². The van der Waals surface area contributed by atoms with Gasteiger partial charge in [-0.05, 0) is 62.9 Å². The molecule has 3 nitrogen and oxygen atoms in total. The highest BCUT2D eigenvalue weighted by molar-refractivity contribution is 5.79. The highest BCUT2D eigenvalue weighted by atomic mass is 19.1. The van der Waals surface area contributed by atoms with Gasteiger partial charge >= 0.3 is 0 Å². The smallest absolute Gasteiger partial charge is 0.237 e. The molecule has 0 N–H and O–H groups in total. The normalized spacial score (nSPS) is 23.5. The molecule has 2 heterocycles. The third-order valence-electron chi connectivity index (χ3n) is 4.64. The quantitative estimate of drug-likeness (QED) is 0.854. The summed E-state index contributed by atoms with van der Waals surface area (Å²) in [5, 5.41) is 0. The van der Waals surface area contributed by atoms with Gasteiger partial charge in [0.2, 0.25) is 5.91 Å². The third-order valence-corrected chi connectivity index (χ3v) is 4.64. The van der Waals surface area contributed by atoms with Crippen molar-refractivity contribution in [2.75, 3.05) is 26.2 Å². The fourth-order valence-electron chi connectivity index (χ4n) is 3.48. The van der Waals surface area contributed by atoms with E-state index in [0.717, 1.165) is 44.5 Å². The molecule has 1 atom stereocenters. The number of hydrogen-bond acceptors (Lipinski definition) is 2. The van der Waals surface area contributed by atoms with Crippen LogP contribution < -0.4 is 0 Å². The van der Waals surface area contributed by atoms with Gasteiger partial charge < -0.3 is 4.90 Å². The van der Waals surface area contributed by atoms with E-state index >= 15 is 0 Å². The summed E-state index contributed by atoms with van der Waals surface area (Å²) < 4.78 is 13.1. The fourth-order valence-corrected chi connectivity index (χ4v) is 3.48. The lowest BCUT2D eigenvalue weighted by Crippen LogP contribution is -2.43. The molecule has 0 aromatic heterocycles. The van der Waals surface area contributed by atoms with E-state index in [2.05, 4.69) is 4.90 Å². The standard InChI is InChI=1S/C17H23FN2O/c18-15-8-6-14(7-9-15)16-5-1-2-12-20(16)17(21)13-19-10-3-4-11-19/h6-9,16H,1-5,10-13H2/t16-/m1/s1. The van der Waals surface area contributed by atoms with E-state index in [1.807, 2.05) is 17.0 Å². The lowest BCUT2D eigenvalue weighted by molar-refractivity contribution is -0.136. The number of halogens is 1. The highest BCUT2D eigenvalue weighted by Gasteiger charge is 2.29. The van der Waals surface area contributed by atoms with Gasteiger partial charge in [-0.25, -0.2) is 4.39 Å². The minimum atomic E-state index is -0.218. The first-order valence-electron chi connectivity index (χ1n) is 8.01. The van der Waals surface area contributed by atoms with Gasteiger partial charge in [0.1, 0.15) is 5.82 Å². The van der Waals surface area contributed by atoms with Crippen molar-refractivity contribution in [3.8, 4) is 0 Å². The molecule has 2 aliphatic heterocycles. The number of carbonyl (C=O) groups excluding carboxylic acids is 1. The first-order chi connectivity index (χ1) is 10.2. The molecule has 0 spiro atoms. The second-order valence-electron chi connectivity index (χ2n) is 6.13. The van der Waals surface area contributed by atoms with Crippen LogP contribution in [0.5, 0.6) is 0 Å². The summed E-state index contributed by atoms with van der Waals surface area (Å²) in [4.78, 5) is 16.9. The van der Waals surface area contributed by atoms with Gasteiger partial charge in [-0.2, -0.15) is 0 Å². The topological polar surface area (TPSA) is 23.6 Å². The van der Waals surface area contributed by atoms with Crippen LogP contribution in [-0.2, 0) is 4.79 Å². The maximum atomic E-state index is 13.1. The molecule has 0 saturated carbocycles. The molecule has 3 rings (SSSR count). The Morgan fingerprint density at radius 3 is 2.43 bits per heavy atom. The number of amides is 1. The van der Waals surface area contributed by atoms with Crippen LogP contribution in [0, 0.1) is 5.82 Å². The zero-order valence-electron chi connectivity index (χ0n) is 12.4. The fraction of sp³-hybridized carbons (Fsp3) is 0.588. The largest absolute Gasteiger partial charge is 0.335 e. The summed E-state index contributed by atoms with van der Waals surface area (Å²) in [6.45, 7) is 3.45. The van der Waals surface area contributed by atoms with Gasteiger partial charge in [-0.3, -0.25) is 9.69 Å². The van der Waals surface area contributed by atoms with E-state index in [9.17, 15) is 9.18 Å². The maximum absolute atomic E-state index is 13.1. The second-order valence-corrected chi connectivity index (χ2v) is 6.13. The molecule has 1 aromatic carbocycles. The average molecular weight is 290 g/mol. The molecule has 2 saturated heterocycles. The number of hydrogen-bond donors (Lipinski definition) is 0. The number of benzene rings is 1. The predicted octanol–water partition coefficient (Wildman–Crippen LogP) is 2.98. The van der Waals surface area contributed by atoms with Gasteiger partial charge in [0, 0.05) is 6.54 Å². The molecular formula is C17H23FN2O. The van der Waals surface area contributed by atoms with Crippen molar-refractivity contribution in [2.45, 2.75) is 38.1 Å². The summed E-state index contributed by atoms with van der Waals surface area (Å²) in [6, 6.07) is 6.75. The summed E-state index contributed by atoms with van der Waals surface area (Å²) in [6.07, 6.45) is 5.60. The van der Waals surface area contributed by atoms with Crippen LogP contribution in [0.2, 0.25) is 0 Å². The van der Waals surface area contributed by atoms with Crippen LogP contribution in [0.15, 0.2) is 24.3 Å². The van der Waals surface area contributed by atoms with Crippen molar-refractivity contribution in [2.24, 2.45) is 0 Å². The Hall–Kier alpha value is -1.42. The summed E-state index contributed by atoms with van der Waals surface area (Å²) in [7, 11) is 0. The van der Waals surface area contributed by atoms with Crippen LogP contribution >= 0.6 is 0 Å². The van der Waals surface area contributed by atoms with E-state index in [1.54, 1.807) is 0 Å². The number of piperidine rings is 1. The lowest BCUT2D eigenvalue weighted by atomic mass is 9.95. The van der Waals surface area contributed by atoms with Crippen molar-refractivity contribution in [1.82, 2.24) is 9.80 Å². The highest BCUT2D eigenvalue weighted by Crippen LogP contribution is 2.31. The molecule has 0 radical (unpaired) electrons. The molecule has 4 heteroatoms. The zero-order chi connectivity index (χ0) is 14.7. The van der Waals surface area contributed by atoms with Gasteiger partial charge in [-0.1, -0.05) is 12.1 Å². The van der Waals surface area contributed by atoms with Crippen molar-refractivity contribution in [1.29, 1.82) is 0 Å². The predicted molar refractivity (Wildman–Crippen MR) is 80.4 cm³/mol.